The number of anilines is 1. The van der Waals surface area contributed by atoms with Crippen LogP contribution in [0, 0.1) is 12.8 Å². The first kappa shape index (κ1) is 15.5. The molecule has 1 aliphatic carbocycles. The summed E-state index contributed by atoms with van der Waals surface area (Å²) in [5.41, 5.74) is 1.85. The van der Waals surface area contributed by atoms with E-state index in [9.17, 15) is 9.59 Å². The summed E-state index contributed by atoms with van der Waals surface area (Å²) in [7, 11) is 0. The number of aryl methyl sites for hydroxylation is 1. The van der Waals surface area contributed by atoms with E-state index >= 15 is 0 Å². The van der Waals surface area contributed by atoms with Crippen molar-refractivity contribution in [2.45, 2.75) is 45.4 Å². The third-order valence-corrected chi connectivity index (χ3v) is 4.18. The topological polar surface area (TPSA) is 57.6 Å². The molecule has 1 aromatic rings. The minimum atomic E-state index is -0.870. The van der Waals surface area contributed by atoms with Gasteiger partial charge in [-0.1, -0.05) is 37.5 Å². The van der Waals surface area contributed by atoms with Crippen LogP contribution in [0.15, 0.2) is 24.3 Å². The van der Waals surface area contributed by atoms with E-state index in [0.29, 0.717) is 0 Å². The summed E-state index contributed by atoms with van der Waals surface area (Å²) in [5.74, 6) is -0.734. The van der Waals surface area contributed by atoms with E-state index in [4.69, 9.17) is 5.11 Å². The number of nitrogens with zero attached hydrogens (tertiary/aromatic N) is 1. The molecule has 1 amide bonds. The molecular weight excluding hydrogens is 266 g/mol. The summed E-state index contributed by atoms with van der Waals surface area (Å²) in [4.78, 5) is 25.4. The number of carbonyl (C=O) groups excluding carboxylic acids is 1. The average Bonchev–Trinajstić information content (AvgIpc) is 2.49. The largest absolute Gasteiger partial charge is 0.481 e. The van der Waals surface area contributed by atoms with E-state index < -0.39 is 5.97 Å². The maximum absolute atomic E-state index is 12.8. The van der Waals surface area contributed by atoms with Crippen LogP contribution < -0.4 is 4.90 Å². The second-order valence-electron chi connectivity index (χ2n) is 5.76. The average molecular weight is 289 g/mol. The summed E-state index contributed by atoms with van der Waals surface area (Å²) in [6.07, 6.45) is 5.21. The first-order chi connectivity index (χ1) is 10.1. The van der Waals surface area contributed by atoms with Crippen LogP contribution in [0.5, 0.6) is 0 Å². The van der Waals surface area contributed by atoms with E-state index in [2.05, 4.69) is 0 Å². The van der Waals surface area contributed by atoms with Gasteiger partial charge in [-0.3, -0.25) is 9.59 Å². The first-order valence-corrected chi connectivity index (χ1v) is 7.68. The molecule has 1 fully saturated rings. The fourth-order valence-corrected chi connectivity index (χ4v) is 2.99. The Morgan fingerprint density at radius 2 is 1.86 bits per heavy atom. The minimum absolute atomic E-state index is 0.0210. The highest BCUT2D eigenvalue weighted by atomic mass is 16.4. The molecule has 0 unspecified atom stereocenters. The molecule has 0 radical (unpaired) electrons. The van der Waals surface area contributed by atoms with Gasteiger partial charge in [0, 0.05) is 18.2 Å². The van der Waals surface area contributed by atoms with Crippen LogP contribution >= 0.6 is 0 Å². The fourth-order valence-electron chi connectivity index (χ4n) is 2.99. The second kappa shape index (κ2) is 7.25. The minimum Gasteiger partial charge on any atom is -0.481 e. The molecule has 0 saturated heterocycles. The van der Waals surface area contributed by atoms with E-state index in [0.717, 1.165) is 36.9 Å². The third-order valence-electron chi connectivity index (χ3n) is 4.18. The monoisotopic (exact) mass is 289 g/mol. The molecule has 2 rings (SSSR count). The molecule has 1 saturated carbocycles. The van der Waals surface area contributed by atoms with E-state index in [1.807, 2.05) is 31.2 Å². The van der Waals surface area contributed by atoms with Crippen molar-refractivity contribution < 1.29 is 14.7 Å². The lowest BCUT2D eigenvalue weighted by Gasteiger charge is -2.30. The Morgan fingerprint density at radius 1 is 1.19 bits per heavy atom. The van der Waals surface area contributed by atoms with Crippen molar-refractivity contribution in [3.8, 4) is 0 Å². The van der Waals surface area contributed by atoms with Crippen molar-refractivity contribution >= 4 is 17.6 Å². The van der Waals surface area contributed by atoms with Gasteiger partial charge in [-0.15, -0.1) is 0 Å². The van der Waals surface area contributed by atoms with Crippen LogP contribution in [0.3, 0.4) is 0 Å². The Hall–Kier alpha value is -1.84. The van der Waals surface area contributed by atoms with Gasteiger partial charge in [0.2, 0.25) is 5.91 Å². The smallest absolute Gasteiger partial charge is 0.305 e. The Morgan fingerprint density at radius 3 is 2.48 bits per heavy atom. The quantitative estimate of drug-likeness (QED) is 0.904. The van der Waals surface area contributed by atoms with E-state index in [1.165, 1.54) is 6.42 Å². The van der Waals surface area contributed by atoms with E-state index in [1.54, 1.807) is 4.90 Å². The van der Waals surface area contributed by atoms with Crippen molar-refractivity contribution in [1.82, 2.24) is 0 Å². The number of carboxylic acids is 1. The fraction of sp³-hybridized carbons (Fsp3) is 0.529. The number of amides is 1. The third kappa shape index (κ3) is 4.06. The van der Waals surface area contributed by atoms with Crippen LogP contribution in [0.4, 0.5) is 5.69 Å². The maximum Gasteiger partial charge on any atom is 0.305 e. The lowest BCUT2D eigenvalue weighted by Crippen LogP contribution is -2.39. The molecule has 21 heavy (non-hydrogen) atoms. The summed E-state index contributed by atoms with van der Waals surface area (Å²) < 4.78 is 0. The Labute approximate surface area is 125 Å². The number of hydrogen-bond acceptors (Lipinski definition) is 2. The Bertz CT molecular complexity index is 507. The van der Waals surface area contributed by atoms with Crippen LogP contribution in [0.2, 0.25) is 0 Å². The lowest BCUT2D eigenvalue weighted by atomic mass is 9.88. The molecule has 0 bridgehead atoms. The molecule has 1 aromatic carbocycles. The second-order valence-corrected chi connectivity index (χ2v) is 5.76. The SMILES string of the molecule is Cc1ccccc1N(CCC(=O)O)C(=O)C1CCCCC1. The molecule has 1 N–H and O–H groups in total. The predicted octanol–water partition coefficient (Wildman–Crippen LogP) is 3.38. The van der Waals surface area contributed by atoms with Crippen LogP contribution in [0.1, 0.15) is 44.1 Å². The number of aliphatic carboxylic acids is 1. The first-order valence-electron chi connectivity index (χ1n) is 7.68. The molecule has 0 heterocycles. The number of hydrogen-bond donors (Lipinski definition) is 1. The predicted molar refractivity (Wildman–Crippen MR) is 82.4 cm³/mol. The molecule has 4 heteroatoms. The summed E-state index contributed by atoms with van der Waals surface area (Å²) >= 11 is 0. The zero-order valence-electron chi connectivity index (χ0n) is 12.5. The molecular formula is C17H23NO3. The summed E-state index contributed by atoms with van der Waals surface area (Å²) in [5, 5.41) is 8.93. The van der Waals surface area contributed by atoms with Crippen molar-refractivity contribution in [3.63, 3.8) is 0 Å². The maximum atomic E-state index is 12.8. The summed E-state index contributed by atoms with van der Waals surface area (Å²) in [6.45, 7) is 2.20. The molecule has 114 valence electrons. The number of rotatable bonds is 5. The van der Waals surface area contributed by atoms with Gasteiger partial charge >= 0.3 is 5.97 Å². The normalized spacial score (nSPS) is 15.7. The van der Waals surface area contributed by atoms with E-state index in [-0.39, 0.29) is 24.8 Å². The highest BCUT2D eigenvalue weighted by molar-refractivity contribution is 5.96. The van der Waals surface area contributed by atoms with Gasteiger partial charge in [0.15, 0.2) is 0 Å². The van der Waals surface area contributed by atoms with Gasteiger partial charge in [0.1, 0.15) is 0 Å². The Balaban J connectivity index is 2.20. The molecule has 0 aliphatic heterocycles. The van der Waals surface area contributed by atoms with Gasteiger partial charge < -0.3 is 10.0 Å². The van der Waals surface area contributed by atoms with Crippen molar-refractivity contribution in [3.05, 3.63) is 29.8 Å². The highest BCUT2D eigenvalue weighted by Gasteiger charge is 2.27. The molecule has 0 aromatic heterocycles. The number of benzene rings is 1. The van der Waals surface area contributed by atoms with Crippen LogP contribution in [-0.2, 0) is 9.59 Å². The standard InChI is InChI=1S/C17H23NO3/c1-13-7-5-6-10-15(13)18(12-11-16(19)20)17(21)14-8-3-2-4-9-14/h5-7,10,14H,2-4,8-9,11-12H2,1H3,(H,19,20). The number of carbonyl (C=O) groups is 2. The number of para-hydroxylation sites is 1. The molecule has 0 atom stereocenters. The molecule has 4 nitrogen and oxygen atoms in total. The van der Waals surface area contributed by atoms with Gasteiger partial charge in [0.05, 0.1) is 6.42 Å². The van der Waals surface area contributed by atoms with Gasteiger partial charge in [-0.05, 0) is 31.4 Å². The van der Waals surface area contributed by atoms with Crippen molar-refractivity contribution in [1.29, 1.82) is 0 Å². The zero-order valence-corrected chi connectivity index (χ0v) is 12.5. The van der Waals surface area contributed by atoms with Crippen molar-refractivity contribution in [2.24, 2.45) is 5.92 Å². The van der Waals surface area contributed by atoms with Crippen molar-refractivity contribution in [2.75, 3.05) is 11.4 Å². The summed E-state index contributed by atoms with van der Waals surface area (Å²) in [6, 6.07) is 7.68. The lowest BCUT2D eigenvalue weighted by molar-refractivity contribution is -0.136. The van der Waals surface area contributed by atoms with Gasteiger partial charge in [-0.2, -0.15) is 0 Å². The van der Waals surface area contributed by atoms with Gasteiger partial charge in [-0.25, -0.2) is 0 Å². The molecule has 1 aliphatic rings. The highest BCUT2D eigenvalue weighted by Crippen LogP contribution is 2.29. The molecule has 0 spiro atoms. The van der Waals surface area contributed by atoms with Crippen LogP contribution in [0.25, 0.3) is 0 Å². The van der Waals surface area contributed by atoms with Crippen LogP contribution in [-0.4, -0.2) is 23.5 Å². The number of carboxylic acid groups (broad SMARTS) is 1. The zero-order chi connectivity index (χ0) is 15.2. The van der Waals surface area contributed by atoms with Gasteiger partial charge in [0.25, 0.3) is 0 Å². The Kier molecular flexibility index (Phi) is 5.37.